The summed E-state index contributed by atoms with van der Waals surface area (Å²) in [6.07, 6.45) is 0. The van der Waals surface area contributed by atoms with Crippen LogP contribution in [0.4, 0.5) is 17.1 Å². The first-order valence-corrected chi connectivity index (χ1v) is 11.9. The highest BCUT2D eigenvalue weighted by molar-refractivity contribution is 8.20. The molecule has 3 aromatic rings. The maximum atomic E-state index is 13.8. The van der Waals surface area contributed by atoms with Crippen molar-refractivity contribution in [3.8, 4) is 5.75 Å². The Morgan fingerprint density at radius 2 is 1.78 bits per heavy atom. The van der Waals surface area contributed by atoms with Crippen molar-refractivity contribution in [2.45, 2.75) is 18.7 Å². The molecule has 0 spiro atoms. The highest BCUT2D eigenvalue weighted by Crippen LogP contribution is 2.51. The zero-order valence-corrected chi connectivity index (χ0v) is 19.3. The van der Waals surface area contributed by atoms with Gasteiger partial charge in [0, 0.05) is 17.5 Å². The van der Waals surface area contributed by atoms with Crippen molar-refractivity contribution >= 4 is 51.7 Å². The summed E-state index contributed by atoms with van der Waals surface area (Å²) in [6, 6.07) is 22.8. The predicted molar refractivity (Wildman–Crippen MR) is 134 cm³/mol. The van der Waals surface area contributed by atoms with Crippen LogP contribution in [0.15, 0.2) is 92.6 Å². The Kier molecular flexibility index (Phi) is 5.45. The number of amides is 1. The van der Waals surface area contributed by atoms with Crippen LogP contribution in [0.1, 0.15) is 12.5 Å². The summed E-state index contributed by atoms with van der Waals surface area (Å²) in [6.45, 7) is 4.86. The average molecular weight is 460 g/mol. The topological polar surface area (TPSA) is 56.1 Å². The molecular weight excluding hydrogens is 438 g/mol. The number of aromatic hydroxyl groups is 1. The molecule has 3 aromatic carbocycles. The fourth-order valence-electron chi connectivity index (χ4n) is 3.76. The summed E-state index contributed by atoms with van der Waals surface area (Å²) >= 11 is 3.00. The average Bonchev–Trinajstić information content (AvgIpc) is 3.30. The molecule has 1 amide bonds. The number of carbonyl (C=O) groups is 1. The van der Waals surface area contributed by atoms with E-state index >= 15 is 0 Å². The lowest BCUT2D eigenvalue weighted by Gasteiger charge is -2.19. The quantitative estimate of drug-likeness (QED) is 0.468. The summed E-state index contributed by atoms with van der Waals surface area (Å²) in [5.74, 6) is 0.0501. The maximum absolute atomic E-state index is 13.8. The number of hydrogen-bond donors (Lipinski definition) is 1. The standard InChI is InChI=1S/C25H21N3O2S2/c1-3-27-20-12-4-5-13-21(20)31-24(27)22-23(30)28(18-10-6-8-16(2)14-18)25(32-22)26-17-9-7-11-19(29)15-17/h4-15,29H,3H2,1-2H3. The van der Waals surface area contributed by atoms with E-state index in [4.69, 9.17) is 4.99 Å². The van der Waals surface area contributed by atoms with Crippen LogP contribution in [-0.4, -0.2) is 22.7 Å². The van der Waals surface area contributed by atoms with Crippen molar-refractivity contribution in [2.75, 3.05) is 16.3 Å². The van der Waals surface area contributed by atoms with E-state index in [1.807, 2.05) is 49.4 Å². The number of nitrogens with zero attached hydrogens (tertiary/aromatic N) is 3. The number of amidine groups is 1. The van der Waals surface area contributed by atoms with Crippen molar-refractivity contribution < 1.29 is 9.90 Å². The highest BCUT2D eigenvalue weighted by Gasteiger charge is 2.40. The molecule has 32 heavy (non-hydrogen) atoms. The normalized spacial score (nSPS) is 19.2. The first kappa shape index (κ1) is 20.7. The van der Waals surface area contributed by atoms with Crippen LogP contribution in [0.3, 0.4) is 0 Å². The molecule has 0 saturated carbocycles. The van der Waals surface area contributed by atoms with Crippen molar-refractivity contribution in [1.82, 2.24) is 0 Å². The summed E-state index contributed by atoms with van der Waals surface area (Å²) in [5.41, 5.74) is 3.56. The molecule has 1 N–H and O–H groups in total. The Bertz CT molecular complexity index is 1290. The van der Waals surface area contributed by atoms with E-state index in [0.717, 1.165) is 33.4 Å². The fraction of sp³-hybridized carbons (Fsp3) is 0.120. The van der Waals surface area contributed by atoms with Gasteiger partial charge in [-0.3, -0.25) is 9.69 Å². The minimum absolute atomic E-state index is 0.0896. The van der Waals surface area contributed by atoms with E-state index in [-0.39, 0.29) is 11.7 Å². The molecule has 2 heterocycles. The minimum Gasteiger partial charge on any atom is -0.508 e. The third kappa shape index (κ3) is 3.67. The molecule has 5 nitrogen and oxygen atoms in total. The Morgan fingerprint density at radius 3 is 2.56 bits per heavy atom. The Balaban J connectivity index is 1.64. The largest absolute Gasteiger partial charge is 0.508 e. The number of anilines is 2. The molecule has 0 aromatic heterocycles. The Hall–Kier alpha value is -3.16. The molecule has 160 valence electrons. The number of rotatable bonds is 3. The molecule has 0 radical (unpaired) electrons. The molecule has 1 fully saturated rings. The van der Waals surface area contributed by atoms with E-state index in [0.29, 0.717) is 15.8 Å². The van der Waals surface area contributed by atoms with Crippen molar-refractivity contribution in [3.63, 3.8) is 0 Å². The van der Waals surface area contributed by atoms with Gasteiger partial charge in [-0.1, -0.05) is 42.1 Å². The van der Waals surface area contributed by atoms with E-state index in [1.165, 1.54) is 11.8 Å². The van der Waals surface area contributed by atoms with Crippen LogP contribution in [0.2, 0.25) is 0 Å². The number of para-hydroxylation sites is 1. The van der Waals surface area contributed by atoms with Gasteiger partial charge in [0.25, 0.3) is 5.91 Å². The SMILES string of the molecule is CCN1C(=C2SC(=Nc3cccc(O)c3)N(c3cccc(C)c3)C2=O)Sc2ccccc21. The van der Waals surface area contributed by atoms with Crippen LogP contribution in [0.5, 0.6) is 5.75 Å². The van der Waals surface area contributed by atoms with Crippen molar-refractivity contribution in [1.29, 1.82) is 0 Å². The maximum Gasteiger partial charge on any atom is 0.274 e. The van der Waals surface area contributed by atoms with Gasteiger partial charge in [0.2, 0.25) is 0 Å². The summed E-state index contributed by atoms with van der Waals surface area (Å²) in [4.78, 5) is 24.2. The Labute approximate surface area is 195 Å². The third-order valence-corrected chi connectivity index (χ3v) is 7.56. The van der Waals surface area contributed by atoms with Crippen LogP contribution < -0.4 is 9.80 Å². The van der Waals surface area contributed by atoms with E-state index in [2.05, 4.69) is 24.0 Å². The molecule has 0 atom stereocenters. The smallest absolute Gasteiger partial charge is 0.274 e. The number of thioether (sulfide) groups is 2. The van der Waals surface area contributed by atoms with Crippen LogP contribution in [0, 0.1) is 6.92 Å². The monoisotopic (exact) mass is 459 g/mol. The van der Waals surface area contributed by atoms with Gasteiger partial charge < -0.3 is 10.0 Å². The number of fused-ring (bicyclic) bond motifs is 1. The first-order valence-electron chi connectivity index (χ1n) is 10.3. The predicted octanol–water partition coefficient (Wildman–Crippen LogP) is 6.27. The molecule has 2 aliphatic rings. The molecule has 7 heteroatoms. The van der Waals surface area contributed by atoms with Gasteiger partial charge >= 0.3 is 0 Å². The zero-order valence-electron chi connectivity index (χ0n) is 17.6. The van der Waals surface area contributed by atoms with Crippen LogP contribution in [0.25, 0.3) is 0 Å². The molecule has 5 rings (SSSR count). The minimum atomic E-state index is -0.0896. The number of benzene rings is 3. The second-order valence-corrected chi connectivity index (χ2v) is 9.45. The van der Waals surface area contributed by atoms with E-state index in [9.17, 15) is 9.90 Å². The number of carbonyl (C=O) groups excluding carboxylic acids is 1. The van der Waals surface area contributed by atoms with Crippen molar-refractivity contribution in [3.05, 3.63) is 88.3 Å². The second-order valence-electron chi connectivity index (χ2n) is 7.44. The summed E-state index contributed by atoms with van der Waals surface area (Å²) in [5, 5.41) is 11.4. The van der Waals surface area contributed by atoms with Gasteiger partial charge in [0.1, 0.15) is 15.7 Å². The number of aryl methyl sites for hydroxylation is 1. The Morgan fingerprint density at radius 1 is 0.969 bits per heavy atom. The van der Waals surface area contributed by atoms with Gasteiger partial charge in [-0.25, -0.2) is 4.99 Å². The zero-order chi connectivity index (χ0) is 22.2. The lowest BCUT2D eigenvalue weighted by Crippen LogP contribution is -2.29. The molecule has 0 aliphatic carbocycles. The third-order valence-electron chi connectivity index (χ3n) is 5.21. The highest BCUT2D eigenvalue weighted by atomic mass is 32.2. The molecular formula is C25H21N3O2S2. The van der Waals surface area contributed by atoms with Crippen LogP contribution >= 0.6 is 23.5 Å². The number of hydrogen-bond acceptors (Lipinski definition) is 6. The van der Waals surface area contributed by atoms with E-state index in [1.54, 1.807) is 34.9 Å². The van der Waals surface area contributed by atoms with Gasteiger partial charge in [-0.05, 0) is 67.6 Å². The first-order chi connectivity index (χ1) is 15.5. The van der Waals surface area contributed by atoms with Crippen molar-refractivity contribution in [2.24, 2.45) is 4.99 Å². The number of phenols is 1. The summed E-state index contributed by atoms with van der Waals surface area (Å²) < 4.78 is 0. The summed E-state index contributed by atoms with van der Waals surface area (Å²) in [7, 11) is 0. The van der Waals surface area contributed by atoms with Gasteiger partial charge in [-0.2, -0.15) is 0 Å². The van der Waals surface area contributed by atoms with Crippen LogP contribution in [-0.2, 0) is 4.79 Å². The number of phenolic OH excluding ortho intramolecular Hbond substituents is 1. The second kappa shape index (κ2) is 8.41. The van der Waals surface area contributed by atoms with Gasteiger partial charge in [0.15, 0.2) is 5.17 Å². The number of aliphatic imine (C=N–C) groups is 1. The molecule has 1 saturated heterocycles. The fourth-order valence-corrected chi connectivity index (χ4v) is 6.16. The van der Waals surface area contributed by atoms with E-state index < -0.39 is 0 Å². The molecule has 0 unspecified atom stereocenters. The molecule has 0 bridgehead atoms. The lowest BCUT2D eigenvalue weighted by atomic mass is 10.2. The van der Waals surface area contributed by atoms with Gasteiger partial charge in [0.05, 0.1) is 17.1 Å². The van der Waals surface area contributed by atoms with Gasteiger partial charge in [-0.15, -0.1) is 0 Å². The molecule has 2 aliphatic heterocycles. The lowest BCUT2D eigenvalue weighted by molar-refractivity contribution is -0.113.